The second-order valence-electron chi connectivity index (χ2n) is 12.9. The zero-order valence-corrected chi connectivity index (χ0v) is 27.8. The second kappa shape index (κ2) is 11.2. The van der Waals surface area contributed by atoms with Crippen LogP contribution in [0, 0.1) is 45.3 Å². The molecule has 0 fully saturated rings. The highest BCUT2D eigenvalue weighted by Crippen LogP contribution is 2.44. The van der Waals surface area contributed by atoms with Crippen LogP contribution in [0.25, 0.3) is 88.1 Å². The molecule has 0 atom stereocenters. The van der Waals surface area contributed by atoms with Crippen LogP contribution in [0.15, 0.2) is 138 Å². The Morgan fingerprint density at radius 3 is 1.66 bits per heavy atom. The van der Waals surface area contributed by atoms with Crippen LogP contribution in [0.3, 0.4) is 0 Å². The summed E-state index contributed by atoms with van der Waals surface area (Å²) in [6.07, 6.45) is 0. The number of furan rings is 1. The highest BCUT2D eigenvalue weighted by molar-refractivity contribution is 6.27. The summed E-state index contributed by atoms with van der Waals surface area (Å²) in [4.78, 5) is 0. The molecule has 0 bridgehead atoms. The van der Waals surface area contributed by atoms with Crippen LogP contribution in [0.1, 0.15) is 22.3 Å². The van der Waals surface area contributed by atoms with Gasteiger partial charge in [-0.2, -0.15) is 21.0 Å². The number of nitrogens with zero attached hydrogens (tertiary/aromatic N) is 6. The molecule has 242 valence electrons. The quantitative estimate of drug-likeness (QED) is 0.185. The van der Waals surface area contributed by atoms with Crippen molar-refractivity contribution in [1.82, 2.24) is 9.13 Å². The molecule has 3 heterocycles. The van der Waals surface area contributed by atoms with E-state index in [1.165, 1.54) is 0 Å². The van der Waals surface area contributed by atoms with Crippen LogP contribution in [-0.4, -0.2) is 9.13 Å². The van der Waals surface area contributed by atoms with Crippen molar-refractivity contribution in [3.05, 3.63) is 156 Å². The maximum atomic E-state index is 11.1. The molecule has 0 N–H and O–H groups in total. The SMILES string of the molecule is N#Cc1cc(-c2c(C#N)ccc(-n3c4ccccc4c4c5c(ccc43)oc3ccccc35)c2C#N)cc(-n2c3ccccc3c3ccccc32)c1C#N. The number of para-hydroxylation sites is 4. The maximum absolute atomic E-state index is 11.1. The molecule has 3 aromatic heterocycles. The van der Waals surface area contributed by atoms with Crippen molar-refractivity contribution in [2.24, 2.45) is 0 Å². The van der Waals surface area contributed by atoms with Gasteiger partial charge < -0.3 is 13.6 Å². The molecule has 10 rings (SSSR count). The summed E-state index contributed by atoms with van der Waals surface area (Å²) in [6.45, 7) is 0. The van der Waals surface area contributed by atoms with Gasteiger partial charge in [-0.1, -0.05) is 72.8 Å². The number of nitriles is 4. The third-order valence-corrected chi connectivity index (χ3v) is 10.3. The number of benzene rings is 7. The smallest absolute Gasteiger partial charge is 0.136 e. The van der Waals surface area contributed by atoms with Crippen molar-refractivity contribution in [2.75, 3.05) is 0 Å². The Labute approximate surface area is 301 Å². The van der Waals surface area contributed by atoms with Gasteiger partial charge in [-0.3, -0.25) is 0 Å². The molecule has 10 aromatic rings. The molecule has 0 amide bonds. The van der Waals surface area contributed by atoms with Gasteiger partial charge in [-0.25, -0.2) is 0 Å². The van der Waals surface area contributed by atoms with Gasteiger partial charge in [0.1, 0.15) is 29.4 Å². The summed E-state index contributed by atoms with van der Waals surface area (Å²) in [6, 6.07) is 52.1. The number of hydrogen-bond acceptors (Lipinski definition) is 5. The average molecular weight is 675 g/mol. The lowest BCUT2D eigenvalue weighted by molar-refractivity contribution is 0.669. The van der Waals surface area contributed by atoms with Gasteiger partial charge >= 0.3 is 0 Å². The average Bonchev–Trinajstić information content (AvgIpc) is 3.87. The van der Waals surface area contributed by atoms with Crippen LogP contribution in [0.5, 0.6) is 0 Å². The molecule has 0 aliphatic carbocycles. The Balaban J connectivity index is 1.31. The van der Waals surface area contributed by atoms with Crippen molar-refractivity contribution >= 4 is 65.6 Å². The summed E-state index contributed by atoms with van der Waals surface area (Å²) >= 11 is 0. The number of rotatable bonds is 3. The zero-order valence-electron chi connectivity index (χ0n) is 27.8. The zero-order chi connectivity index (χ0) is 35.8. The molecule has 0 radical (unpaired) electrons. The Morgan fingerprint density at radius 1 is 0.415 bits per heavy atom. The van der Waals surface area contributed by atoms with E-state index in [1.807, 2.05) is 114 Å². The molecule has 0 saturated carbocycles. The van der Waals surface area contributed by atoms with Gasteiger partial charge in [-0.05, 0) is 66.2 Å². The molecule has 0 spiro atoms. The number of hydrogen-bond donors (Lipinski definition) is 0. The van der Waals surface area contributed by atoms with Gasteiger partial charge in [0.2, 0.25) is 0 Å². The van der Waals surface area contributed by atoms with Crippen LogP contribution in [0.2, 0.25) is 0 Å². The van der Waals surface area contributed by atoms with E-state index in [-0.39, 0.29) is 22.3 Å². The van der Waals surface area contributed by atoms with Crippen molar-refractivity contribution in [2.45, 2.75) is 0 Å². The van der Waals surface area contributed by atoms with Gasteiger partial charge in [0, 0.05) is 37.9 Å². The summed E-state index contributed by atoms with van der Waals surface area (Å²) in [5, 5.41) is 48.5. The Bertz CT molecular complexity index is 3350. The van der Waals surface area contributed by atoms with Crippen molar-refractivity contribution in [3.8, 4) is 46.8 Å². The second-order valence-corrected chi connectivity index (χ2v) is 12.9. The monoisotopic (exact) mass is 674 g/mol. The van der Waals surface area contributed by atoms with Crippen LogP contribution < -0.4 is 0 Å². The van der Waals surface area contributed by atoms with Gasteiger partial charge in [0.25, 0.3) is 0 Å². The Kier molecular flexibility index (Phi) is 6.30. The van der Waals surface area contributed by atoms with Crippen molar-refractivity contribution in [3.63, 3.8) is 0 Å². The molecule has 0 aliphatic rings. The largest absolute Gasteiger partial charge is 0.456 e. The van der Waals surface area contributed by atoms with E-state index in [2.05, 4.69) is 41.0 Å². The summed E-state index contributed by atoms with van der Waals surface area (Å²) in [7, 11) is 0. The summed E-state index contributed by atoms with van der Waals surface area (Å²) < 4.78 is 10.3. The third-order valence-electron chi connectivity index (χ3n) is 10.3. The first-order valence-electron chi connectivity index (χ1n) is 16.9. The number of fused-ring (bicyclic) bond motifs is 10. The van der Waals surface area contributed by atoms with Gasteiger partial charge in [0.15, 0.2) is 0 Å². The van der Waals surface area contributed by atoms with Crippen molar-refractivity contribution < 1.29 is 4.42 Å². The van der Waals surface area contributed by atoms with Crippen LogP contribution >= 0.6 is 0 Å². The van der Waals surface area contributed by atoms with Gasteiger partial charge in [0.05, 0.1) is 61.8 Å². The predicted octanol–water partition coefficient (Wildman–Crippen LogP) is 10.9. The van der Waals surface area contributed by atoms with Gasteiger partial charge in [-0.15, -0.1) is 0 Å². The first-order valence-corrected chi connectivity index (χ1v) is 16.9. The maximum Gasteiger partial charge on any atom is 0.136 e. The normalized spacial score (nSPS) is 11.3. The van der Waals surface area contributed by atoms with Crippen LogP contribution in [-0.2, 0) is 0 Å². The lowest BCUT2D eigenvalue weighted by atomic mass is 9.90. The molecule has 7 heteroatoms. The fourth-order valence-electron chi connectivity index (χ4n) is 8.15. The molecular formula is C46H22N6O. The topological polar surface area (TPSA) is 118 Å². The first kappa shape index (κ1) is 29.8. The van der Waals surface area contributed by atoms with Crippen LogP contribution in [0.4, 0.5) is 0 Å². The Hall–Kier alpha value is -8.10. The fourth-order valence-corrected chi connectivity index (χ4v) is 8.15. The lowest BCUT2D eigenvalue weighted by Crippen LogP contribution is -2.04. The van der Waals surface area contributed by atoms with Crippen molar-refractivity contribution in [1.29, 1.82) is 21.0 Å². The van der Waals surface area contributed by atoms with E-state index in [4.69, 9.17) is 4.42 Å². The molecule has 7 nitrogen and oxygen atoms in total. The summed E-state index contributed by atoms with van der Waals surface area (Å²) in [5.74, 6) is 0. The number of aromatic nitrogens is 2. The molecule has 0 saturated heterocycles. The standard InChI is InChI=1S/C46H22N6O/c47-23-27-17-18-39(51-38-15-7-3-11-32(38)45-40(51)19-20-43-46(45)33-12-4-8-16-42(33)53-43)35(26-50)44(27)28-21-29(24-48)34(25-49)41(22-28)52-36-13-5-1-9-30(36)31-10-2-6-14-37(31)52/h1-22H. The molecule has 53 heavy (non-hydrogen) atoms. The Morgan fingerprint density at radius 2 is 1.00 bits per heavy atom. The minimum atomic E-state index is 0.145. The predicted molar refractivity (Wildman–Crippen MR) is 207 cm³/mol. The van der Waals surface area contributed by atoms with E-state index in [0.29, 0.717) is 22.5 Å². The van der Waals surface area contributed by atoms with E-state index < -0.39 is 0 Å². The van der Waals surface area contributed by atoms with E-state index in [9.17, 15) is 21.0 Å². The molecular weight excluding hydrogens is 653 g/mol. The minimum Gasteiger partial charge on any atom is -0.456 e. The lowest BCUT2D eigenvalue weighted by Gasteiger charge is -2.17. The first-order chi connectivity index (χ1) is 26.1. The minimum absolute atomic E-state index is 0.145. The molecule has 0 aliphatic heterocycles. The highest BCUT2D eigenvalue weighted by atomic mass is 16.3. The van der Waals surface area contributed by atoms with E-state index in [0.717, 1.165) is 65.6 Å². The summed E-state index contributed by atoms with van der Waals surface area (Å²) in [5.41, 5.74) is 7.88. The molecule has 7 aromatic carbocycles. The third kappa shape index (κ3) is 4.05. The molecule has 0 unspecified atom stereocenters. The van der Waals surface area contributed by atoms with E-state index in [1.54, 1.807) is 12.1 Å². The fraction of sp³-hybridized carbons (Fsp3) is 0. The highest BCUT2D eigenvalue weighted by Gasteiger charge is 2.25. The van der Waals surface area contributed by atoms with E-state index >= 15 is 0 Å².